The standard InChI is InChI=1S/C19H26N2O7/c1-10(2)7-8-19(3)17(24)21(18(25)20-19)13-11(16(22)23)9-12(26-4)14(27-5)15(13)28-6/h9-10H,7-8H2,1-6H3,(H,20,25)(H,22,23). The van der Waals surface area contributed by atoms with Crippen molar-refractivity contribution in [2.24, 2.45) is 5.92 Å². The van der Waals surface area contributed by atoms with Crippen molar-refractivity contribution in [3.8, 4) is 17.2 Å². The summed E-state index contributed by atoms with van der Waals surface area (Å²) in [7, 11) is 3.99. The highest BCUT2D eigenvalue weighted by Crippen LogP contribution is 2.48. The number of rotatable bonds is 8. The lowest BCUT2D eigenvalue weighted by Crippen LogP contribution is -2.44. The minimum absolute atomic E-state index is 0.0733. The van der Waals surface area contributed by atoms with Crippen LogP contribution in [-0.4, -0.2) is 49.9 Å². The van der Waals surface area contributed by atoms with E-state index >= 15 is 0 Å². The number of hydrogen-bond acceptors (Lipinski definition) is 6. The molecule has 1 aliphatic rings. The lowest BCUT2D eigenvalue weighted by atomic mass is 9.92. The zero-order valence-electron chi connectivity index (χ0n) is 16.9. The molecule has 9 nitrogen and oxygen atoms in total. The Morgan fingerprint density at radius 2 is 1.79 bits per heavy atom. The summed E-state index contributed by atoms with van der Waals surface area (Å²) in [6.07, 6.45) is 1.13. The predicted octanol–water partition coefficient (Wildman–Crippen LogP) is 2.66. The van der Waals surface area contributed by atoms with Gasteiger partial charge in [0.05, 0.1) is 26.9 Å². The topological polar surface area (TPSA) is 114 Å². The number of urea groups is 1. The zero-order chi connectivity index (χ0) is 21.2. The van der Waals surface area contributed by atoms with E-state index in [1.807, 2.05) is 13.8 Å². The highest BCUT2D eigenvalue weighted by atomic mass is 16.5. The van der Waals surface area contributed by atoms with Crippen molar-refractivity contribution in [1.29, 1.82) is 0 Å². The molecule has 0 radical (unpaired) electrons. The number of ether oxygens (including phenoxy) is 3. The maximum Gasteiger partial charge on any atom is 0.338 e. The van der Waals surface area contributed by atoms with Gasteiger partial charge in [0.25, 0.3) is 5.91 Å². The van der Waals surface area contributed by atoms with E-state index < -0.39 is 23.4 Å². The van der Waals surface area contributed by atoms with E-state index in [1.54, 1.807) is 6.92 Å². The van der Waals surface area contributed by atoms with E-state index in [2.05, 4.69) is 5.32 Å². The Bertz CT molecular complexity index is 806. The SMILES string of the molecule is COc1cc(C(=O)O)c(N2C(=O)NC(C)(CCC(C)C)C2=O)c(OC)c1OC. The number of benzene rings is 1. The Labute approximate surface area is 163 Å². The van der Waals surface area contributed by atoms with Gasteiger partial charge in [-0.1, -0.05) is 13.8 Å². The Balaban J connectivity index is 2.67. The van der Waals surface area contributed by atoms with Gasteiger partial charge >= 0.3 is 12.0 Å². The third-order valence-corrected chi connectivity index (χ3v) is 4.74. The number of amides is 3. The summed E-state index contributed by atoms with van der Waals surface area (Å²) >= 11 is 0. The van der Waals surface area contributed by atoms with Crippen LogP contribution in [0.25, 0.3) is 0 Å². The molecule has 1 aromatic rings. The molecule has 154 valence electrons. The van der Waals surface area contributed by atoms with Crippen LogP contribution in [0.1, 0.15) is 44.0 Å². The van der Waals surface area contributed by atoms with Crippen molar-refractivity contribution in [2.75, 3.05) is 26.2 Å². The van der Waals surface area contributed by atoms with Crippen LogP contribution in [-0.2, 0) is 4.79 Å². The second-order valence-electron chi connectivity index (χ2n) is 7.18. The number of anilines is 1. The fourth-order valence-corrected chi connectivity index (χ4v) is 3.16. The molecule has 2 N–H and O–H groups in total. The molecule has 0 aromatic heterocycles. The molecule has 1 aliphatic heterocycles. The van der Waals surface area contributed by atoms with Crippen LogP contribution >= 0.6 is 0 Å². The molecule has 3 amide bonds. The van der Waals surface area contributed by atoms with Gasteiger partial charge in [-0.2, -0.15) is 0 Å². The first-order chi connectivity index (χ1) is 13.1. The molecule has 9 heteroatoms. The molecule has 28 heavy (non-hydrogen) atoms. The molecular weight excluding hydrogens is 368 g/mol. The largest absolute Gasteiger partial charge is 0.493 e. The molecule has 1 atom stereocenters. The second-order valence-corrected chi connectivity index (χ2v) is 7.18. The van der Waals surface area contributed by atoms with E-state index in [4.69, 9.17) is 14.2 Å². The molecule has 0 saturated carbocycles. The van der Waals surface area contributed by atoms with Crippen LogP contribution in [0.5, 0.6) is 17.2 Å². The monoisotopic (exact) mass is 394 g/mol. The number of carbonyl (C=O) groups excluding carboxylic acids is 2. The average molecular weight is 394 g/mol. The van der Waals surface area contributed by atoms with Crippen molar-refractivity contribution in [3.05, 3.63) is 11.6 Å². The third-order valence-electron chi connectivity index (χ3n) is 4.74. The Morgan fingerprint density at radius 3 is 2.25 bits per heavy atom. The fraction of sp³-hybridized carbons (Fsp3) is 0.526. The number of carboxylic acid groups (broad SMARTS) is 1. The second kappa shape index (κ2) is 7.95. The maximum absolute atomic E-state index is 13.2. The number of nitrogens with zero attached hydrogens (tertiary/aromatic N) is 1. The van der Waals surface area contributed by atoms with Crippen LogP contribution < -0.4 is 24.4 Å². The quantitative estimate of drug-likeness (QED) is 0.652. The van der Waals surface area contributed by atoms with Gasteiger partial charge in [0, 0.05) is 6.07 Å². The van der Waals surface area contributed by atoms with Crippen LogP contribution in [0.15, 0.2) is 6.07 Å². The fourth-order valence-electron chi connectivity index (χ4n) is 3.16. The maximum atomic E-state index is 13.2. The lowest BCUT2D eigenvalue weighted by molar-refractivity contribution is -0.121. The Hall–Kier alpha value is -2.97. The summed E-state index contributed by atoms with van der Waals surface area (Å²) in [5.74, 6) is -1.44. The normalized spacial score (nSPS) is 19.0. The number of nitrogens with one attached hydrogen (secondary N) is 1. The van der Waals surface area contributed by atoms with E-state index in [1.165, 1.54) is 27.4 Å². The van der Waals surface area contributed by atoms with Crippen LogP contribution in [0, 0.1) is 5.92 Å². The Morgan fingerprint density at radius 1 is 1.18 bits per heavy atom. The van der Waals surface area contributed by atoms with Gasteiger partial charge in [0.1, 0.15) is 11.2 Å². The number of imide groups is 1. The molecule has 1 saturated heterocycles. The molecule has 0 aliphatic carbocycles. The molecule has 1 unspecified atom stereocenters. The molecule has 2 rings (SSSR count). The number of carbonyl (C=O) groups is 3. The zero-order valence-corrected chi connectivity index (χ0v) is 16.9. The van der Waals surface area contributed by atoms with E-state index in [9.17, 15) is 19.5 Å². The third kappa shape index (κ3) is 3.56. The molecule has 1 aromatic carbocycles. The van der Waals surface area contributed by atoms with Gasteiger partial charge in [0.15, 0.2) is 11.5 Å². The molecular formula is C19H26N2O7. The van der Waals surface area contributed by atoms with Gasteiger partial charge in [-0.25, -0.2) is 14.5 Å². The highest BCUT2D eigenvalue weighted by Gasteiger charge is 2.50. The van der Waals surface area contributed by atoms with Gasteiger partial charge in [-0.15, -0.1) is 0 Å². The molecule has 0 bridgehead atoms. The summed E-state index contributed by atoms with van der Waals surface area (Å²) in [4.78, 5) is 38.6. The van der Waals surface area contributed by atoms with Crippen LogP contribution in [0.3, 0.4) is 0 Å². The first-order valence-electron chi connectivity index (χ1n) is 8.84. The van der Waals surface area contributed by atoms with Crippen LogP contribution in [0.2, 0.25) is 0 Å². The molecule has 1 heterocycles. The van der Waals surface area contributed by atoms with E-state index in [0.717, 1.165) is 4.90 Å². The summed E-state index contributed by atoms with van der Waals surface area (Å²) in [5.41, 5.74) is -1.65. The first-order valence-corrected chi connectivity index (χ1v) is 8.84. The van der Waals surface area contributed by atoms with E-state index in [-0.39, 0.29) is 28.5 Å². The predicted molar refractivity (Wildman–Crippen MR) is 102 cm³/mol. The van der Waals surface area contributed by atoms with Crippen molar-refractivity contribution in [1.82, 2.24) is 5.32 Å². The number of aromatic carboxylic acids is 1. The minimum atomic E-state index is -1.34. The van der Waals surface area contributed by atoms with Crippen LogP contribution in [0.4, 0.5) is 10.5 Å². The van der Waals surface area contributed by atoms with Crippen molar-refractivity contribution < 1.29 is 33.7 Å². The molecule has 1 fully saturated rings. The van der Waals surface area contributed by atoms with E-state index in [0.29, 0.717) is 18.8 Å². The van der Waals surface area contributed by atoms with Gasteiger partial charge in [-0.3, -0.25) is 4.79 Å². The number of carboxylic acids is 1. The van der Waals surface area contributed by atoms with Crippen molar-refractivity contribution >= 4 is 23.6 Å². The summed E-state index contributed by atoms with van der Waals surface area (Å²) in [6, 6.07) is 0.480. The summed E-state index contributed by atoms with van der Waals surface area (Å²) < 4.78 is 15.8. The summed E-state index contributed by atoms with van der Waals surface area (Å²) in [5, 5.41) is 12.4. The first kappa shape index (κ1) is 21.3. The lowest BCUT2D eigenvalue weighted by Gasteiger charge is -2.24. The van der Waals surface area contributed by atoms with Gasteiger partial charge < -0.3 is 24.6 Å². The highest BCUT2D eigenvalue weighted by molar-refractivity contribution is 6.25. The van der Waals surface area contributed by atoms with Gasteiger partial charge in [-0.05, 0) is 25.7 Å². The smallest absolute Gasteiger partial charge is 0.338 e. The summed E-state index contributed by atoms with van der Waals surface area (Å²) in [6.45, 7) is 5.66. The minimum Gasteiger partial charge on any atom is -0.493 e. The molecule has 0 spiro atoms. The number of hydrogen-bond donors (Lipinski definition) is 2. The van der Waals surface area contributed by atoms with Crippen molar-refractivity contribution in [2.45, 2.75) is 39.2 Å². The number of methoxy groups -OCH3 is 3. The average Bonchev–Trinajstić information content (AvgIpc) is 2.86. The Kier molecular flexibility index (Phi) is 6.06. The van der Waals surface area contributed by atoms with Crippen molar-refractivity contribution in [3.63, 3.8) is 0 Å². The van der Waals surface area contributed by atoms with Gasteiger partial charge in [0.2, 0.25) is 5.75 Å².